The van der Waals surface area contributed by atoms with Gasteiger partial charge in [-0.05, 0) is 36.5 Å². The first kappa shape index (κ1) is 34.9. The number of aliphatic hydroxyl groups excluding tert-OH is 1. The maximum Gasteiger partial charge on any atom is 0.407 e. The number of fused-ring (bicyclic) bond motifs is 1. The van der Waals surface area contributed by atoms with Crippen molar-refractivity contribution in [2.75, 3.05) is 25.0 Å². The zero-order valence-electron chi connectivity index (χ0n) is 26.7. The maximum absolute atomic E-state index is 14.4. The van der Waals surface area contributed by atoms with Crippen molar-refractivity contribution in [3.63, 3.8) is 0 Å². The van der Waals surface area contributed by atoms with Crippen LogP contribution >= 0.6 is 11.3 Å². The van der Waals surface area contributed by atoms with Gasteiger partial charge in [-0.2, -0.15) is 9.29 Å². The largest absolute Gasteiger partial charge is 0.444 e. The van der Waals surface area contributed by atoms with Crippen LogP contribution in [0.3, 0.4) is 0 Å². The quantitative estimate of drug-likeness (QED) is 0.177. The molecule has 256 valence electrons. The van der Waals surface area contributed by atoms with Crippen molar-refractivity contribution in [2.24, 2.45) is 5.92 Å². The van der Waals surface area contributed by atoms with Gasteiger partial charge in [0, 0.05) is 38.8 Å². The number of rotatable bonds is 14. The number of carbonyl (C=O) groups is 3. The zero-order valence-corrected chi connectivity index (χ0v) is 28.4. The molecule has 0 bridgehead atoms. The SMILES string of the molecule is CC(C)CN(C(Cc1ccccc1)C(O)CNC(=O)OCc1cncs1)S(=O)(=O)c1ccc2nc(N(C)C(=O)C3CCC(=O)N3)oc2c1. The molecule has 3 heterocycles. The molecule has 3 unspecified atom stereocenters. The molecular weight excluding hydrogens is 661 g/mol. The second-order valence-electron chi connectivity index (χ2n) is 11.9. The Morgan fingerprint density at radius 1 is 1.21 bits per heavy atom. The van der Waals surface area contributed by atoms with Gasteiger partial charge in [0.1, 0.15) is 18.2 Å². The molecule has 3 atom stereocenters. The number of nitrogens with one attached hydrogen (secondary N) is 2. The average Bonchev–Trinajstić information content (AvgIpc) is 3.85. The molecule has 0 spiro atoms. The van der Waals surface area contributed by atoms with E-state index in [0.29, 0.717) is 11.9 Å². The number of ether oxygens (including phenoxy) is 1. The van der Waals surface area contributed by atoms with Crippen LogP contribution in [0.1, 0.15) is 37.1 Å². The van der Waals surface area contributed by atoms with E-state index in [2.05, 4.69) is 20.6 Å². The van der Waals surface area contributed by atoms with Crippen molar-refractivity contribution in [3.8, 4) is 0 Å². The molecular formula is C32H38N6O8S2. The number of aliphatic hydroxyl groups is 1. The third-order valence-corrected chi connectivity index (χ3v) is 10.4. The van der Waals surface area contributed by atoms with Crippen molar-refractivity contribution in [1.29, 1.82) is 0 Å². The molecule has 2 aromatic heterocycles. The van der Waals surface area contributed by atoms with Gasteiger partial charge in [0.05, 0.1) is 27.4 Å². The molecule has 3 amide bonds. The molecule has 1 fully saturated rings. The predicted octanol–water partition coefficient (Wildman–Crippen LogP) is 3.07. The van der Waals surface area contributed by atoms with Crippen LogP contribution in [0.5, 0.6) is 0 Å². The van der Waals surface area contributed by atoms with Crippen LogP contribution in [0.15, 0.2) is 69.6 Å². The van der Waals surface area contributed by atoms with Crippen molar-refractivity contribution < 1.29 is 37.1 Å². The molecule has 3 N–H and O–H groups in total. The normalized spacial score (nSPS) is 16.2. The van der Waals surface area contributed by atoms with E-state index in [4.69, 9.17) is 9.15 Å². The molecule has 16 heteroatoms. The lowest BCUT2D eigenvalue weighted by Crippen LogP contribution is -2.52. The predicted molar refractivity (Wildman–Crippen MR) is 178 cm³/mol. The highest BCUT2D eigenvalue weighted by Crippen LogP contribution is 2.29. The number of anilines is 1. The van der Waals surface area contributed by atoms with E-state index in [1.54, 1.807) is 11.7 Å². The van der Waals surface area contributed by atoms with Gasteiger partial charge in [0.2, 0.25) is 15.9 Å². The average molecular weight is 699 g/mol. The van der Waals surface area contributed by atoms with Crippen LogP contribution in [0.4, 0.5) is 10.8 Å². The van der Waals surface area contributed by atoms with Crippen LogP contribution in [-0.2, 0) is 37.4 Å². The summed E-state index contributed by atoms with van der Waals surface area (Å²) in [5.41, 5.74) is 2.88. The number of hydrogen-bond acceptors (Lipinski definition) is 11. The van der Waals surface area contributed by atoms with Crippen molar-refractivity contribution in [3.05, 3.63) is 70.7 Å². The molecule has 0 radical (unpaired) electrons. The van der Waals surface area contributed by atoms with Crippen LogP contribution in [0.25, 0.3) is 11.1 Å². The van der Waals surface area contributed by atoms with E-state index in [9.17, 15) is 27.9 Å². The van der Waals surface area contributed by atoms with Crippen LogP contribution in [-0.4, -0.2) is 84.0 Å². The van der Waals surface area contributed by atoms with E-state index in [-0.39, 0.29) is 60.9 Å². The fourth-order valence-corrected chi connectivity index (χ4v) is 7.68. The summed E-state index contributed by atoms with van der Waals surface area (Å²) in [5, 5.41) is 16.7. The van der Waals surface area contributed by atoms with E-state index in [1.807, 2.05) is 44.2 Å². The van der Waals surface area contributed by atoms with Crippen LogP contribution < -0.4 is 15.5 Å². The van der Waals surface area contributed by atoms with E-state index >= 15 is 0 Å². The number of alkyl carbamates (subject to hydrolysis) is 1. The maximum atomic E-state index is 14.4. The fraction of sp³-hybridized carbons (Fsp3) is 0.406. The summed E-state index contributed by atoms with van der Waals surface area (Å²) in [7, 11) is -2.80. The van der Waals surface area contributed by atoms with Gasteiger partial charge in [-0.25, -0.2) is 13.2 Å². The summed E-state index contributed by atoms with van der Waals surface area (Å²) in [6.07, 6.45) is 0.277. The summed E-state index contributed by atoms with van der Waals surface area (Å²) < 4.78 is 41.1. The Morgan fingerprint density at radius 2 is 1.98 bits per heavy atom. The fourth-order valence-electron chi connectivity index (χ4n) is 5.34. The van der Waals surface area contributed by atoms with Crippen molar-refractivity contribution in [1.82, 2.24) is 24.9 Å². The van der Waals surface area contributed by atoms with Crippen LogP contribution in [0, 0.1) is 5.92 Å². The first-order valence-electron chi connectivity index (χ1n) is 15.4. The molecule has 0 aliphatic carbocycles. The van der Waals surface area contributed by atoms with Gasteiger partial charge in [-0.1, -0.05) is 44.2 Å². The lowest BCUT2D eigenvalue weighted by Gasteiger charge is -2.35. The Bertz CT molecular complexity index is 1830. The third-order valence-electron chi connectivity index (χ3n) is 7.80. The minimum atomic E-state index is -4.27. The number of likely N-dealkylation sites (N-methyl/N-ethyl adjacent to an activating group) is 1. The highest BCUT2D eigenvalue weighted by atomic mass is 32.2. The second kappa shape index (κ2) is 15.2. The van der Waals surface area contributed by atoms with E-state index in [0.717, 1.165) is 10.4 Å². The molecule has 0 saturated carbocycles. The number of carbonyl (C=O) groups excluding carboxylic acids is 3. The monoisotopic (exact) mass is 698 g/mol. The summed E-state index contributed by atoms with van der Waals surface area (Å²) in [5.74, 6) is -0.737. The van der Waals surface area contributed by atoms with Gasteiger partial charge >= 0.3 is 12.1 Å². The highest BCUT2D eigenvalue weighted by molar-refractivity contribution is 7.89. The number of thiazole rings is 1. The van der Waals surface area contributed by atoms with Crippen molar-refractivity contribution in [2.45, 2.75) is 62.8 Å². The van der Waals surface area contributed by atoms with Gasteiger partial charge in [0.15, 0.2) is 5.58 Å². The summed E-state index contributed by atoms with van der Waals surface area (Å²) in [6.45, 7) is 3.55. The molecule has 2 aromatic carbocycles. The van der Waals surface area contributed by atoms with E-state index in [1.165, 1.54) is 45.8 Å². The third kappa shape index (κ3) is 8.36. The number of benzene rings is 2. The first-order valence-corrected chi connectivity index (χ1v) is 17.7. The second-order valence-corrected chi connectivity index (χ2v) is 14.8. The molecule has 5 rings (SSSR count). The topological polar surface area (TPSA) is 184 Å². The standard InChI is InChI=1S/C32H38N6O8S2/c1-20(2)17-38(26(13-21-7-5-4-6-8-21)27(39)16-34-32(42)45-18-22-15-33-19-47-22)48(43,44)23-9-10-24-28(14-23)46-31(36-24)37(3)30(41)25-11-12-29(40)35-25/h4-10,14-15,19-20,25-27,39H,11-13,16-18H2,1-3H3,(H,34,42)(H,35,40). The zero-order chi connectivity index (χ0) is 34.4. The highest BCUT2D eigenvalue weighted by Gasteiger charge is 2.37. The molecule has 48 heavy (non-hydrogen) atoms. The number of aromatic nitrogens is 2. The lowest BCUT2D eigenvalue weighted by atomic mass is 10.0. The Morgan fingerprint density at radius 3 is 2.65 bits per heavy atom. The molecule has 4 aromatic rings. The first-order chi connectivity index (χ1) is 22.9. The van der Waals surface area contributed by atoms with Gasteiger partial charge < -0.3 is 24.9 Å². The summed E-state index contributed by atoms with van der Waals surface area (Å²) in [4.78, 5) is 47.1. The Hall–Kier alpha value is -4.38. The number of sulfonamides is 1. The van der Waals surface area contributed by atoms with Crippen LogP contribution in [0.2, 0.25) is 0 Å². The molecule has 1 aliphatic rings. The Kier molecular flexibility index (Phi) is 11.1. The Labute approximate surface area is 282 Å². The minimum absolute atomic E-state index is 0.0147. The summed E-state index contributed by atoms with van der Waals surface area (Å²) >= 11 is 1.33. The summed E-state index contributed by atoms with van der Waals surface area (Å²) in [6, 6.07) is 11.7. The smallest absolute Gasteiger partial charge is 0.407 e. The minimum Gasteiger partial charge on any atom is -0.444 e. The van der Waals surface area contributed by atoms with E-state index < -0.39 is 40.2 Å². The van der Waals surface area contributed by atoms with Gasteiger partial charge in [-0.15, -0.1) is 11.3 Å². The van der Waals surface area contributed by atoms with Gasteiger partial charge in [0.25, 0.3) is 5.91 Å². The number of oxazole rings is 1. The molecule has 1 saturated heterocycles. The lowest BCUT2D eigenvalue weighted by molar-refractivity contribution is -0.124. The number of hydrogen-bond donors (Lipinski definition) is 3. The van der Waals surface area contributed by atoms with Crippen molar-refractivity contribution >= 4 is 56.4 Å². The number of nitrogens with zero attached hydrogens (tertiary/aromatic N) is 4. The Balaban J connectivity index is 1.40. The van der Waals surface area contributed by atoms with Gasteiger partial charge in [-0.3, -0.25) is 19.5 Å². The molecule has 14 nitrogen and oxygen atoms in total. The number of amides is 3. The molecule has 1 aliphatic heterocycles.